The van der Waals surface area contributed by atoms with Crippen molar-refractivity contribution in [3.63, 3.8) is 0 Å². The van der Waals surface area contributed by atoms with E-state index >= 15 is 0 Å². The summed E-state index contributed by atoms with van der Waals surface area (Å²) in [5.41, 5.74) is 15.7. The Morgan fingerprint density at radius 1 is 0.818 bits per heavy atom. The Morgan fingerprint density at radius 3 is 1.91 bits per heavy atom. The first-order chi connectivity index (χ1) is 10.6. The highest BCUT2D eigenvalue weighted by Crippen LogP contribution is 2.29. The maximum atomic E-state index is 9.28. The van der Waals surface area contributed by atoms with Crippen LogP contribution in [0.2, 0.25) is 0 Å². The Kier molecular flexibility index (Phi) is 8.15. The monoisotopic (exact) mass is 313 g/mol. The number of rotatable bonds is 10. The van der Waals surface area contributed by atoms with E-state index in [2.05, 4.69) is 0 Å². The molecule has 0 aliphatic rings. The molecule has 0 heterocycles. The van der Waals surface area contributed by atoms with Gasteiger partial charge in [-0.25, -0.2) is 0 Å². The van der Waals surface area contributed by atoms with E-state index < -0.39 is 0 Å². The summed E-state index contributed by atoms with van der Waals surface area (Å²) in [7, 11) is 0. The molecule has 0 spiro atoms. The fourth-order valence-corrected chi connectivity index (χ4v) is 2.57. The number of aliphatic hydroxyl groups excluding tert-OH is 4. The fraction of sp³-hybridized carbons (Fsp3) is 0.600. The first-order valence-electron chi connectivity index (χ1n) is 7.43. The molecule has 0 aromatic heterocycles. The van der Waals surface area contributed by atoms with E-state index in [0.717, 1.165) is 16.7 Å². The van der Waals surface area contributed by atoms with Gasteiger partial charge < -0.3 is 31.9 Å². The quantitative estimate of drug-likeness (QED) is 0.296. The first kappa shape index (κ1) is 18.7. The van der Waals surface area contributed by atoms with Crippen LogP contribution in [0, 0.1) is 0 Å². The average molecular weight is 313 g/mol. The molecule has 0 saturated heterocycles. The highest BCUT2D eigenvalue weighted by molar-refractivity contribution is 5.66. The van der Waals surface area contributed by atoms with Crippen LogP contribution in [0.25, 0.3) is 0 Å². The van der Waals surface area contributed by atoms with Gasteiger partial charge in [-0.05, 0) is 35.6 Å². The number of nitrogens with two attached hydrogens (primary N) is 2. The van der Waals surface area contributed by atoms with Gasteiger partial charge in [0.15, 0.2) is 0 Å². The van der Waals surface area contributed by atoms with E-state index in [1.54, 1.807) is 6.07 Å². The molecule has 7 nitrogen and oxygen atoms in total. The van der Waals surface area contributed by atoms with Crippen molar-refractivity contribution in [3.05, 3.63) is 22.8 Å². The first-order valence-corrected chi connectivity index (χ1v) is 7.43. The van der Waals surface area contributed by atoms with Crippen molar-refractivity contribution in [2.75, 3.05) is 51.0 Å². The van der Waals surface area contributed by atoms with Crippen LogP contribution in [-0.2, 0) is 19.4 Å². The number of benzene rings is 1. The standard InChI is InChI=1S/C15H27N3O4/c16-14-9-11(1-5-19)15(17)12(2-6-20)13(14)10-18(3-7-21)4-8-22/h9,19-22H,1-8,10,16-17H2. The van der Waals surface area contributed by atoms with E-state index in [4.69, 9.17) is 26.8 Å². The molecule has 7 heteroatoms. The van der Waals surface area contributed by atoms with Crippen LogP contribution in [0.4, 0.5) is 11.4 Å². The molecule has 0 fully saturated rings. The van der Waals surface area contributed by atoms with Crippen molar-refractivity contribution in [3.8, 4) is 0 Å². The zero-order valence-electron chi connectivity index (χ0n) is 12.8. The topological polar surface area (TPSA) is 136 Å². The van der Waals surface area contributed by atoms with Gasteiger partial charge in [0.2, 0.25) is 0 Å². The second-order valence-corrected chi connectivity index (χ2v) is 5.17. The largest absolute Gasteiger partial charge is 0.398 e. The number of aliphatic hydroxyl groups is 4. The summed E-state index contributed by atoms with van der Waals surface area (Å²) in [5, 5.41) is 36.6. The normalized spacial score (nSPS) is 11.3. The molecule has 126 valence electrons. The van der Waals surface area contributed by atoms with Crippen molar-refractivity contribution in [1.29, 1.82) is 0 Å². The number of nitrogens with zero attached hydrogens (tertiary/aromatic N) is 1. The molecule has 1 aromatic rings. The lowest BCUT2D eigenvalue weighted by Gasteiger charge is -2.25. The van der Waals surface area contributed by atoms with Crippen LogP contribution in [-0.4, -0.2) is 64.8 Å². The molecule has 0 unspecified atom stereocenters. The van der Waals surface area contributed by atoms with Gasteiger partial charge in [0.1, 0.15) is 0 Å². The number of nitrogen functional groups attached to an aromatic ring is 2. The predicted molar refractivity (Wildman–Crippen MR) is 86.3 cm³/mol. The minimum absolute atomic E-state index is 0.0205. The van der Waals surface area contributed by atoms with Crippen LogP contribution < -0.4 is 11.5 Å². The van der Waals surface area contributed by atoms with Crippen molar-refractivity contribution in [2.45, 2.75) is 19.4 Å². The minimum Gasteiger partial charge on any atom is -0.398 e. The van der Waals surface area contributed by atoms with Gasteiger partial charge in [-0.3, -0.25) is 4.90 Å². The van der Waals surface area contributed by atoms with E-state index in [-0.39, 0.29) is 26.4 Å². The van der Waals surface area contributed by atoms with Gasteiger partial charge in [0.25, 0.3) is 0 Å². The third kappa shape index (κ3) is 4.82. The van der Waals surface area contributed by atoms with Gasteiger partial charge in [-0.15, -0.1) is 0 Å². The van der Waals surface area contributed by atoms with Crippen LogP contribution in [0.1, 0.15) is 16.7 Å². The van der Waals surface area contributed by atoms with E-state index in [1.807, 2.05) is 4.90 Å². The van der Waals surface area contributed by atoms with Gasteiger partial charge >= 0.3 is 0 Å². The molecule has 0 aliphatic carbocycles. The Bertz CT molecular complexity index is 463. The lowest BCUT2D eigenvalue weighted by molar-refractivity contribution is 0.155. The predicted octanol–water partition coefficient (Wildman–Crippen LogP) is -1.29. The second kappa shape index (κ2) is 9.60. The molecule has 0 aliphatic heterocycles. The molecule has 1 aromatic carbocycles. The van der Waals surface area contributed by atoms with Crippen LogP contribution in [0.5, 0.6) is 0 Å². The molecule has 0 saturated carbocycles. The average Bonchev–Trinajstić information content (AvgIpc) is 2.48. The maximum Gasteiger partial charge on any atom is 0.0558 e. The van der Waals surface area contributed by atoms with Gasteiger partial charge in [-0.1, -0.05) is 0 Å². The highest BCUT2D eigenvalue weighted by atomic mass is 16.3. The fourth-order valence-electron chi connectivity index (χ4n) is 2.57. The van der Waals surface area contributed by atoms with Gasteiger partial charge in [0.05, 0.1) is 13.2 Å². The molecule has 22 heavy (non-hydrogen) atoms. The smallest absolute Gasteiger partial charge is 0.0558 e. The third-order valence-electron chi connectivity index (χ3n) is 3.67. The summed E-state index contributed by atoms with van der Waals surface area (Å²) in [4.78, 5) is 1.87. The second-order valence-electron chi connectivity index (χ2n) is 5.17. The minimum atomic E-state index is -0.0563. The molecule has 0 amide bonds. The van der Waals surface area contributed by atoms with Crippen molar-refractivity contribution >= 4 is 11.4 Å². The van der Waals surface area contributed by atoms with Crippen molar-refractivity contribution in [1.82, 2.24) is 4.90 Å². The summed E-state index contributed by atoms with van der Waals surface area (Å²) in [5.74, 6) is 0. The zero-order valence-corrected chi connectivity index (χ0v) is 12.8. The molecule has 0 radical (unpaired) electrons. The van der Waals surface area contributed by atoms with Crippen LogP contribution >= 0.6 is 0 Å². The summed E-state index contributed by atoms with van der Waals surface area (Å²) in [6, 6.07) is 1.75. The molecule has 1 rings (SSSR count). The SMILES string of the molecule is Nc1cc(CCO)c(N)c(CCO)c1CN(CCO)CCO. The Morgan fingerprint density at radius 2 is 1.41 bits per heavy atom. The lowest BCUT2D eigenvalue weighted by Crippen LogP contribution is -2.30. The van der Waals surface area contributed by atoms with Crippen LogP contribution in [0.3, 0.4) is 0 Å². The molecule has 8 N–H and O–H groups in total. The van der Waals surface area contributed by atoms with Crippen LogP contribution in [0.15, 0.2) is 6.07 Å². The Labute approximate surface area is 130 Å². The Balaban J connectivity index is 3.17. The lowest BCUT2D eigenvalue weighted by atomic mass is 9.95. The summed E-state index contributed by atoms with van der Waals surface area (Å²) < 4.78 is 0. The highest BCUT2D eigenvalue weighted by Gasteiger charge is 2.17. The number of hydrogen-bond donors (Lipinski definition) is 6. The van der Waals surface area contributed by atoms with Crippen molar-refractivity contribution in [2.24, 2.45) is 0 Å². The zero-order chi connectivity index (χ0) is 16.5. The maximum absolute atomic E-state index is 9.28. The third-order valence-corrected chi connectivity index (χ3v) is 3.67. The summed E-state index contributed by atoms with van der Waals surface area (Å²) in [6.07, 6.45) is 0.780. The number of anilines is 2. The molecular formula is C15H27N3O4. The number of hydrogen-bond acceptors (Lipinski definition) is 7. The van der Waals surface area contributed by atoms with Gasteiger partial charge in [0, 0.05) is 44.2 Å². The summed E-state index contributed by atoms with van der Waals surface area (Å²) in [6.45, 7) is 1.14. The molecule has 0 atom stereocenters. The molecule has 0 bridgehead atoms. The molecular weight excluding hydrogens is 286 g/mol. The van der Waals surface area contributed by atoms with Crippen molar-refractivity contribution < 1.29 is 20.4 Å². The van der Waals surface area contributed by atoms with E-state index in [1.165, 1.54) is 0 Å². The van der Waals surface area contributed by atoms with E-state index in [9.17, 15) is 5.11 Å². The van der Waals surface area contributed by atoms with Gasteiger partial charge in [-0.2, -0.15) is 0 Å². The summed E-state index contributed by atoms with van der Waals surface area (Å²) >= 11 is 0. The Hall–Kier alpha value is -1.38. The van der Waals surface area contributed by atoms with E-state index in [0.29, 0.717) is 43.9 Å².